The SMILES string of the molecule is Cc1ccnc(-c2cnc(-c3cn(S(C)(=O)=O)c4ccc(C(=O)N5CCOCC5)cc34)nc2)c1. The van der Waals surface area contributed by atoms with Gasteiger partial charge in [0.05, 0.1) is 30.7 Å². The number of amides is 1. The minimum absolute atomic E-state index is 0.120. The number of hydrogen-bond acceptors (Lipinski definition) is 7. The van der Waals surface area contributed by atoms with E-state index in [1.165, 1.54) is 10.2 Å². The van der Waals surface area contributed by atoms with Crippen LogP contribution in [0.3, 0.4) is 0 Å². The predicted molar refractivity (Wildman–Crippen MR) is 128 cm³/mol. The molecule has 9 nitrogen and oxygen atoms in total. The standard InChI is InChI=1S/C24H23N5O4S/c1-16-5-6-25-21(11-16)18-13-26-23(27-14-18)20-15-29(34(2,31)32)22-4-3-17(12-19(20)22)24(30)28-7-9-33-10-8-28/h3-6,11-15H,7-10H2,1-2H3. The van der Waals surface area contributed by atoms with Crippen molar-refractivity contribution in [3.05, 3.63) is 66.2 Å². The number of carbonyl (C=O) groups is 1. The van der Waals surface area contributed by atoms with Crippen molar-refractivity contribution in [1.82, 2.24) is 23.8 Å². The first kappa shape index (κ1) is 22.2. The molecular weight excluding hydrogens is 454 g/mol. The highest BCUT2D eigenvalue weighted by Crippen LogP contribution is 2.31. The summed E-state index contributed by atoms with van der Waals surface area (Å²) in [7, 11) is -3.59. The van der Waals surface area contributed by atoms with Crippen molar-refractivity contribution in [2.24, 2.45) is 0 Å². The molecule has 0 spiro atoms. The Morgan fingerprint density at radius 1 is 1.03 bits per heavy atom. The third-order valence-corrected chi connectivity index (χ3v) is 6.79. The molecule has 1 aliphatic rings. The zero-order chi connectivity index (χ0) is 23.9. The van der Waals surface area contributed by atoms with Crippen molar-refractivity contribution >= 4 is 26.8 Å². The molecule has 0 saturated carbocycles. The lowest BCUT2D eigenvalue weighted by atomic mass is 10.1. The molecular formula is C24H23N5O4S. The Hall–Kier alpha value is -3.63. The van der Waals surface area contributed by atoms with E-state index < -0.39 is 10.0 Å². The largest absolute Gasteiger partial charge is 0.378 e. The maximum atomic E-state index is 13.0. The Morgan fingerprint density at radius 2 is 1.76 bits per heavy atom. The van der Waals surface area contributed by atoms with Gasteiger partial charge >= 0.3 is 0 Å². The van der Waals surface area contributed by atoms with Gasteiger partial charge in [0, 0.05) is 60.0 Å². The van der Waals surface area contributed by atoms with Crippen molar-refractivity contribution < 1.29 is 17.9 Å². The van der Waals surface area contributed by atoms with Gasteiger partial charge in [-0.1, -0.05) is 0 Å². The van der Waals surface area contributed by atoms with Crippen molar-refractivity contribution in [3.8, 4) is 22.6 Å². The molecule has 10 heteroatoms. The number of ether oxygens (including phenoxy) is 1. The number of nitrogens with zero attached hydrogens (tertiary/aromatic N) is 5. The van der Waals surface area contributed by atoms with Crippen LogP contribution in [0.25, 0.3) is 33.5 Å². The number of aryl methyl sites for hydroxylation is 1. The Kier molecular flexibility index (Phi) is 5.62. The molecule has 0 radical (unpaired) electrons. The quantitative estimate of drug-likeness (QED) is 0.445. The van der Waals surface area contributed by atoms with Crippen LogP contribution in [0.4, 0.5) is 0 Å². The van der Waals surface area contributed by atoms with Crippen molar-refractivity contribution in [2.45, 2.75) is 6.92 Å². The van der Waals surface area contributed by atoms with Gasteiger partial charge in [-0.15, -0.1) is 0 Å². The van der Waals surface area contributed by atoms with Gasteiger partial charge in [0.2, 0.25) is 10.0 Å². The fourth-order valence-electron chi connectivity index (χ4n) is 4.03. The van der Waals surface area contributed by atoms with E-state index in [4.69, 9.17) is 4.74 Å². The molecule has 0 atom stereocenters. The number of rotatable bonds is 4. The predicted octanol–water partition coefficient (Wildman–Crippen LogP) is 2.75. The lowest BCUT2D eigenvalue weighted by Crippen LogP contribution is -2.40. The summed E-state index contributed by atoms with van der Waals surface area (Å²) in [5.41, 5.74) is 4.04. The van der Waals surface area contributed by atoms with Crippen LogP contribution < -0.4 is 0 Å². The molecule has 174 valence electrons. The number of aromatic nitrogens is 4. The van der Waals surface area contributed by atoms with Crippen molar-refractivity contribution in [1.29, 1.82) is 0 Å². The van der Waals surface area contributed by atoms with Gasteiger partial charge in [0.15, 0.2) is 5.82 Å². The Balaban J connectivity index is 1.60. The zero-order valence-corrected chi connectivity index (χ0v) is 19.6. The average Bonchev–Trinajstić information content (AvgIpc) is 3.24. The van der Waals surface area contributed by atoms with Gasteiger partial charge in [-0.3, -0.25) is 9.78 Å². The van der Waals surface area contributed by atoms with E-state index >= 15 is 0 Å². The molecule has 0 N–H and O–H groups in total. The van der Waals surface area contributed by atoms with Crippen molar-refractivity contribution in [2.75, 3.05) is 32.6 Å². The summed E-state index contributed by atoms with van der Waals surface area (Å²) in [6.45, 7) is 4.02. The van der Waals surface area contributed by atoms with Crippen LogP contribution in [-0.4, -0.2) is 70.7 Å². The molecule has 34 heavy (non-hydrogen) atoms. The lowest BCUT2D eigenvalue weighted by Gasteiger charge is -2.26. The second-order valence-corrected chi connectivity index (χ2v) is 10.1. The molecule has 5 rings (SSSR count). The lowest BCUT2D eigenvalue weighted by molar-refractivity contribution is 0.0303. The second kappa shape index (κ2) is 8.62. The van der Waals surface area contributed by atoms with Crippen LogP contribution in [0.2, 0.25) is 0 Å². The maximum absolute atomic E-state index is 13.0. The van der Waals surface area contributed by atoms with E-state index in [0.29, 0.717) is 54.2 Å². The average molecular weight is 478 g/mol. The molecule has 1 amide bonds. The Morgan fingerprint density at radius 3 is 2.44 bits per heavy atom. The highest BCUT2D eigenvalue weighted by atomic mass is 32.2. The molecule has 1 fully saturated rings. The second-order valence-electron chi connectivity index (χ2n) is 8.25. The summed E-state index contributed by atoms with van der Waals surface area (Å²) < 4.78 is 31.4. The van der Waals surface area contributed by atoms with E-state index in [1.54, 1.807) is 41.7 Å². The van der Waals surface area contributed by atoms with E-state index in [9.17, 15) is 13.2 Å². The number of fused-ring (bicyclic) bond motifs is 1. The molecule has 0 aliphatic carbocycles. The molecule has 0 unspecified atom stereocenters. The number of pyridine rings is 1. The van der Waals surface area contributed by atoms with Crippen LogP contribution in [0, 0.1) is 6.92 Å². The molecule has 0 bridgehead atoms. The van der Waals surface area contributed by atoms with Gasteiger partial charge in [-0.25, -0.2) is 22.4 Å². The molecule has 4 heterocycles. The Labute approximate surface area is 197 Å². The van der Waals surface area contributed by atoms with Gasteiger partial charge in [0.25, 0.3) is 5.91 Å². The van der Waals surface area contributed by atoms with Crippen molar-refractivity contribution in [3.63, 3.8) is 0 Å². The Bertz CT molecular complexity index is 1490. The van der Waals surface area contributed by atoms with E-state index in [2.05, 4.69) is 15.0 Å². The van der Waals surface area contributed by atoms with Gasteiger partial charge in [-0.2, -0.15) is 0 Å². The summed E-state index contributed by atoms with van der Waals surface area (Å²) in [4.78, 5) is 28.1. The number of morpholine rings is 1. The smallest absolute Gasteiger partial charge is 0.254 e. The molecule has 4 aromatic rings. The first-order valence-corrected chi connectivity index (χ1v) is 12.6. The zero-order valence-electron chi connectivity index (χ0n) is 18.8. The van der Waals surface area contributed by atoms with Gasteiger partial charge in [0.1, 0.15) is 0 Å². The summed E-state index contributed by atoms with van der Waals surface area (Å²) in [5.74, 6) is 0.241. The summed E-state index contributed by atoms with van der Waals surface area (Å²) in [5, 5.41) is 0.589. The van der Waals surface area contributed by atoms with E-state index in [-0.39, 0.29) is 5.91 Å². The number of benzene rings is 1. The highest BCUT2D eigenvalue weighted by molar-refractivity contribution is 7.89. The monoisotopic (exact) mass is 477 g/mol. The molecule has 3 aromatic heterocycles. The summed E-state index contributed by atoms with van der Waals surface area (Å²) in [6.07, 6.45) is 7.69. The van der Waals surface area contributed by atoms with Crippen LogP contribution in [-0.2, 0) is 14.8 Å². The van der Waals surface area contributed by atoms with Crippen LogP contribution >= 0.6 is 0 Å². The third-order valence-electron chi connectivity index (χ3n) is 5.78. The first-order chi connectivity index (χ1) is 16.3. The minimum Gasteiger partial charge on any atom is -0.378 e. The van der Waals surface area contributed by atoms with Crippen LogP contribution in [0.15, 0.2) is 55.1 Å². The normalized spacial score (nSPS) is 14.5. The molecule has 1 saturated heterocycles. The highest BCUT2D eigenvalue weighted by Gasteiger charge is 2.22. The van der Waals surface area contributed by atoms with Gasteiger partial charge < -0.3 is 9.64 Å². The number of carbonyl (C=O) groups excluding carboxylic acids is 1. The van der Waals surface area contributed by atoms with Crippen LogP contribution in [0.5, 0.6) is 0 Å². The van der Waals surface area contributed by atoms with E-state index in [0.717, 1.165) is 23.1 Å². The third kappa shape index (κ3) is 4.17. The molecule has 1 aromatic carbocycles. The van der Waals surface area contributed by atoms with Crippen LogP contribution in [0.1, 0.15) is 15.9 Å². The number of hydrogen-bond donors (Lipinski definition) is 0. The summed E-state index contributed by atoms with van der Waals surface area (Å²) >= 11 is 0. The fourth-order valence-corrected chi connectivity index (χ4v) is 4.84. The minimum atomic E-state index is -3.59. The van der Waals surface area contributed by atoms with Gasteiger partial charge in [-0.05, 0) is 42.8 Å². The first-order valence-electron chi connectivity index (χ1n) is 10.8. The fraction of sp³-hybridized carbons (Fsp3) is 0.250. The molecule has 1 aliphatic heterocycles. The van der Waals surface area contributed by atoms with E-state index in [1.807, 2.05) is 19.1 Å². The topological polar surface area (TPSA) is 107 Å². The summed E-state index contributed by atoms with van der Waals surface area (Å²) in [6, 6.07) is 8.87. The maximum Gasteiger partial charge on any atom is 0.254 e.